The first kappa shape index (κ1) is 22.3. The normalized spacial score (nSPS) is 20.4. The lowest BCUT2D eigenvalue weighted by molar-refractivity contribution is 0.0742. The summed E-state index contributed by atoms with van der Waals surface area (Å²) in [5.74, 6) is 0.904. The van der Waals surface area contributed by atoms with Crippen molar-refractivity contribution in [1.29, 1.82) is 0 Å². The number of aromatic nitrogens is 4. The summed E-state index contributed by atoms with van der Waals surface area (Å²) in [6, 6.07) is 2.72. The summed E-state index contributed by atoms with van der Waals surface area (Å²) < 4.78 is 1.86. The Bertz CT molecular complexity index is 1010. The van der Waals surface area contributed by atoms with Crippen molar-refractivity contribution in [3.8, 4) is 0 Å². The molecule has 0 radical (unpaired) electrons. The van der Waals surface area contributed by atoms with Gasteiger partial charge in [-0.3, -0.25) is 14.4 Å². The van der Waals surface area contributed by atoms with Gasteiger partial charge in [-0.25, -0.2) is 9.97 Å². The molecule has 0 unspecified atom stereocenters. The second-order valence-electron chi connectivity index (χ2n) is 10.8. The van der Waals surface area contributed by atoms with Crippen LogP contribution in [-0.4, -0.2) is 80.8 Å². The van der Waals surface area contributed by atoms with E-state index >= 15 is 0 Å². The fourth-order valence-corrected chi connectivity index (χ4v) is 5.18. The Hall–Kier alpha value is -2.48. The molecular weight excluding hydrogens is 414 g/mol. The highest BCUT2D eigenvalue weighted by Gasteiger charge is 2.30. The highest BCUT2D eigenvalue weighted by molar-refractivity contribution is 5.93. The maximum Gasteiger partial charge on any atom is 0.272 e. The van der Waals surface area contributed by atoms with Gasteiger partial charge in [-0.15, -0.1) is 0 Å². The van der Waals surface area contributed by atoms with E-state index in [4.69, 9.17) is 9.97 Å². The maximum absolute atomic E-state index is 13.4. The van der Waals surface area contributed by atoms with E-state index < -0.39 is 0 Å². The van der Waals surface area contributed by atoms with Gasteiger partial charge in [0.2, 0.25) is 5.95 Å². The number of hydrogen-bond acceptors (Lipinski definition) is 6. The van der Waals surface area contributed by atoms with Crippen molar-refractivity contribution in [1.82, 2.24) is 29.5 Å². The second-order valence-corrected chi connectivity index (χ2v) is 10.8. The quantitative estimate of drug-likeness (QED) is 0.715. The van der Waals surface area contributed by atoms with Crippen molar-refractivity contribution in [3.05, 3.63) is 34.9 Å². The van der Waals surface area contributed by atoms with E-state index in [0.717, 1.165) is 62.4 Å². The lowest BCUT2D eigenvalue weighted by atomic mass is 9.91. The summed E-state index contributed by atoms with van der Waals surface area (Å²) in [6.07, 6.45) is 7.66. The smallest absolute Gasteiger partial charge is 0.272 e. The summed E-state index contributed by atoms with van der Waals surface area (Å²) in [5, 5.41) is 4.59. The van der Waals surface area contributed by atoms with E-state index in [-0.39, 0.29) is 11.4 Å². The van der Waals surface area contributed by atoms with Crippen LogP contribution in [0.5, 0.6) is 0 Å². The molecule has 5 rings (SSSR count). The summed E-state index contributed by atoms with van der Waals surface area (Å²) in [5.41, 5.74) is 3.57. The summed E-state index contributed by atoms with van der Waals surface area (Å²) in [6.45, 7) is 13.7. The molecule has 4 heterocycles. The van der Waals surface area contributed by atoms with Crippen LogP contribution >= 0.6 is 0 Å². The second kappa shape index (κ2) is 8.70. The van der Waals surface area contributed by atoms with E-state index in [9.17, 15) is 4.79 Å². The third-order valence-electron chi connectivity index (χ3n) is 7.37. The zero-order chi connectivity index (χ0) is 23.2. The van der Waals surface area contributed by atoms with Crippen molar-refractivity contribution >= 4 is 11.9 Å². The molecule has 8 heteroatoms. The molecule has 1 amide bonds. The van der Waals surface area contributed by atoms with Gasteiger partial charge >= 0.3 is 0 Å². The predicted octanol–water partition coefficient (Wildman–Crippen LogP) is 2.65. The van der Waals surface area contributed by atoms with Gasteiger partial charge in [-0.1, -0.05) is 6.42 Å². The number of piperazine rings is 1. The van der Waals surface area contributed by atoms with Crippen molar-refractivity contribution in [2.75, 3.05) is 44.2 Å². The van der Waals surface area contributed by atoms with Crippen LogP contribution in [-0.2, 0) is 18.4 Å². The standard InChI is InChI=1S/C25H37N7O/c1-18-16-22(32(28-18)25(2,3)4)23(33)30-10-8-19-17-26-24(27-21(19)9-11-30)31-14-12-29(13-15-31)20-6-5-7-20/h16-17,20H,5-15H2,1-4H3. The number of aryl methyl sites for hydroxylation is 1. The molecule has 2 aliphatic heterocycles. The zero-order valence-corrected chi connectivity index (χ0v) is 20.5. The molecule has 0 bridgehead atoms. The Kier molecular flexibility index (Phi) is 5.89. The van der Waals surface area contributed by atoms with Gasteiger partial charge < -0.3 is 9.80 Å². The Balaban J connectivity index is 1.26. The molecule has 0 N–H and O–H groups in total. The van der Waals surface area contributed by atoms with Crippen LogP contribution in [0.3, 0.4) is 0 Å². The monoisotopic (exact) mass is 451 g/mol. The Labute approximate surface area is 197 Å². The summed E-state index contributed by atoms with van der Waals surface area (Å²) >= 11 is 0. The first-order valence-corrected chi connectivity index (χ1v) is 12.5. The fourth-order valence-electron chi connectivity index (χ4n) is 5.18. The zero-order valence-electron chi connectivity index (χ0n) is 20.5. The van der Waals surface area contributed by atoms with Crippen molar-refractivity contribution in [2.45, 2.75) is 71.4 Å². The molecular formula is C25H37N7O. The minimum absolute atomic E-state index is 0.0543. The van der Waals surface area contributed by atoms with Gasteiger partial charge in [0, 0.05) is 57.9 Å². The van der Waals surface area contributed by atoms with Crippen LogP contribution in [0.2, 0.25) is 0 Å². The molecule has 33 heavy (non-hydrogen) atoms. The average molecular weight is 452 g/mol. The lowest BCUT2D eigenvalue weighted by Gasteiger charge is -2.43. The van der Waals surface area contributed by atoms with Crippen LogP contribution in [0.1, 0.15) is 67.5 Å². The molecule has 1 aliphatic carbocycles. The number of rotatable bonds is 3. The third kappa shape index (κ3) is 4.50. The van der Waals surface area contributed by atoms with Crippen LogP contribution in [0.4, 0.5) is 5.95 Å². The highest BCUT2D eigenvalue weighted by atomic mass is 16.2. The van der Waals surface area contributed by atoms with Gasteiger partial charge in [0.05, 0.1) is 16.9 Å². The number of hydrogen-bond donors (Lipinski definition) is 0. The summed E-state index contributed by atoms with van der Waals surface area (Å²) in [4.78, 5) is 30.0. The Morgan fingerprint density at radius 3 is 2.42 bits per heavy atom. The van der Waals surface area contributed by atoms with E-state index in [1.54, 1.807) is 0 Å². The fraction of sp³-hybridized carbons (Fsp3) is 0.680. The number of anilines is 1. The minimum Gasteiger partial charge on any atom is -0.338 e. The SMILES string of the molecule is Cc1cc(C(=O)N2CCc3cnc(N4CCN(C5CCC5)CC4)nc3CC2)n(C(C)(C)C)n1. The molecule has 2 aromatic rings. The molecule has 2 fully saturated rings. The topological polar surface area (TPSA) is 70.4 Å². The molecule has 0 aromatic carbocycles. The van der Waals surface area contributed by atoms with Crippen LogP contribution in [0.25, 0.3) is 0 Å². The minimum atomic E-state index is -0.239. The van der Waals surface area contributed by atoms with E-state index in [2.05, 4.69) is 35.7 Å². The number of amides is 1. The van der Waals surface area contributed by atoms with Crippen LogP contribution in [0.15, 0.2) is 12.3 Å². The largest absolute Gasteiger partial charge is 0.338 e. The number of carbonyl (C=O) groups is 1. The third-order valence-corrected chi connectivity index (χ3v) is 7.37. The Morgan fingerprint density at radius 1 is 1.03 bits per heavy atom. The Morgan fingerprint density at radius 2 is 1.76 bits per heavy atom. The molecule has 1 saturated heterocycles. The summed E-state index contributed by atoms with van der Waals surface area (Å²) in [7, 11) is 0. The first-order valence-electron chi connectivity index (χ1n) is 12.5. The number of nitrogens with zero attached hydrogens (tertiary/aromatic N) is 7. The molecule has 2 aromatic heterocycles. The van der Waals surface area contributed by atoms with Gasteiger partial charge in [-0.05, 0) is 58.6 Å². The van der Waals surface area contributed by atoms with Gasteiger partial charge in [0.15, 0.2) is 0 Å². The van der Waals surface area contributed by atoms with Gasteiger partial charge in [0.1, 0.15) is 5.69 Å². The molecule has 8 nitrogen and oxygen atoms in total. The first-order chi connectivity index (χ1) is 15.8. The predicted molar refractivity (Wildman–Crippen MR) is 129 cm³/mol. The van der Waals surface area contributed by atoms with E-state index in [0.29, 0.717) is 18.8 Å². The van der Waals surface area contributed by atoms with Crippen LogP contribution < -0.4 is 4.90 Å². The van der Waals surface area contributed by atoms with Crippen molar-refractivity contribution < 1.29 is 4.79 Å². The number of fused-ring (bicyclic) bond motifs is 1. The average Bonchev–Trinajstić information content (AvgIpc) is 3.03. The molecule has 0 atom stereocenters. The molecule has 1 saturated carbocycles. The van der Waals surface area contributed by atoms with E-state index in [1.807, 2.05) is 28.8 Å². The van der Waals surface area contributed by atoms with Crippen molar-refractivity contribution in [3.63, 3.8) is 0 Å². The van der Waals surface area contributed by atoms with Gasteiger partial charge in [0.25, 0.3) is 5.91 Å². The van der Waals surface area contributed by atoms with Crippen LogP contribution in [0, 0.1) is 6.92 Å². The maximum atomic E-state index is 13.4. The molecule has 3 aliphatic rings. The van der Waals surface area contributed by atoms with Gasteiger partial charge in [-0.2, -0.15) is 5.10 Å². The van der Waals surface area contributed by atoms with E-state index in [1.165, 1.54) is 24.8 Å². The molecule has 178 valence electrons. The van der Waals surface area contributed by atoms with Crippen molar-refractivity contribution in [2.24, 2.45) is 0 Å². The number of carbonyl (C=O) groups excluding carboxylic acids is 1. The highest BCUT2D eigenvalue weighted by Crippen LogP contribution is 2.27. The lowest BCUT2D eigenvalue weighted by Crippen LogP contribution is -2.52. The molecule has 0 spiro atoms.